The van der Waals surface area contributed by atoms with Gasteiger partial charge in [-0.3, -0.25) is 0 Å². The van der Waals surface area contributed by atoms with Crippen LogP contribution in [0.3, 0.4) is 0 Å². The number of hydrogen-bond acceptors (Lipinski definition) is 3. The van der Waals surface area contributed by atoms with Crippen LogP contribution in [0.2, 0.25) is 0 Å². The third-order valence-corrected chi connectivity index (χ3v) is 1.58. The van der Waals surface area contributed by atoms with E-state index in [-0.39, 0.29) is 0 Å². The van der Waals surface area contributed by atoms with E-state index in [1.807, 2.05) is 0 Å². The number of hydrogen-bond donors (Lipinski definition) is 0. The molecule has 0 spiro atoms. The molecular formula is C10H15NO2. The van der Waals surface area contributed by atoms with Crippen LogP contribution in [0, 0.1) is 11.3 Å². The minimum atomic E-state index is -0.391. The Morgan fingerprint density at radius 2 is 2.23 bits per heavy atom. The van der Waals surface area contributed by atoms with E-state index < -0.39 is 5.97 Å². The minimum Gasteiger partial charge on any atom is -0.462 e. The predicted molar refractivity (Wildman–Crippen MR) is 49.9 cm³/mol. The molecule has 0 N–H and O–H groups in total. The number of esters is 1. The maximum atomic E-state index is 11.1. The Kier molecular flexibility index (Phi) is 6.62. The van der Waals surface area contributed by atoms with Gasteiger partial charge in [0.2, 0.25) is 0 Å². The quantitative estimate of drug-likeness (QED) is 0.283. The highest BCUT2D eigenvalue weighted by atomic mass is 16.5. The molecule has 3 nitrogen and oxygen atoms in total. The van der Waals surface area contributed by atoms with Crippen molar-refractivity contribution in [2.24, 2.45) is 0 Å². The Morgan fingerprint density at radius 1 is 1.54 bits per heavy atom. The highest BCUT2D eigenvalue weighted by Gasteiger charge is 2.03. The van der Waals surface area contributed by atoms with Crippen molar-refractivity contribution in [2.75, 3.05) is 6.61 Å². The summed E-state index contributed by atoms with van der Waals surface area (Å²) in [6, 6.07) is 1.79. The number of allylic oxidation sites excluding steroid dienone is 1. The highest BCUT2D eigenvalue weighted by molar-refractivity contribution is 5.88. The molecule has 0 aliphatic rings. The van der Waals surface area contributed by atoms with Crippen LogP contribution < -0.4 is 0 Å². The Balaban J connectivity index is 3.64. The van der Waals surface area contributed by atoms with E-state index in [9.17, 15) is 4.79 Å². The first-order chi connectivity index (χ1) is 6.22. The fraction of sp³-hybridized carbons (Fsp3) is 0.600. The second-order valence-corrected chi connectivity index (χ2v) is 2.80. The van der Waals surface area contributed by atoms with Gasteiger partial charge in [-0.1, -0.05) is 19.8 Å². The normalized spacial score (nSPS) is 10.7. The zero-order valence-electron chi connectivity index (χ0n) is 8.17. The second-order valence-electron chi connectivity index (χ2n) is 2.80. The third kappa shape index (κ3) is 5.92. The molecule has 0 saturated heterocycles. The van der Waals surface area contributed by atoms with Crippen molar-refractivity contribution < 1.29 is 9.53 Å². The number of ether oxygens (including phenoxy) is 1. The first-order valence-corrected chi connectivity index (χ1v) is 4.45. The van der Waals surface area contributed by atoms with Crippen LogP contribution in [-0.2, 0) is 9.53 Å². The van der Waals surface area contributed by atoms with Crippen molar-refractivity contribution in [1.82, 2.24) is 0 Å². The Labute approximate surface area is 79.0 Å². The van der Waals surface area contributed by atoms with E-state index in [2.05, 4.69) is 6.92 Å². The van der Waals surface area contributed by atoms with Gasteiger partial charge in [-0.2, -0.15) is 5.26 Å². The lowest BCUT2D eigenvalue weighted by molar-refractivity contribution is -0.139. The number of carbonyl (C=O) groups is 1. The van der Waals surface area contributed by atoms with Gasteiger partial charge >= 0.3 is 5.97 Å². The van der Waals surface area contributed by atoms with Gasteiger partial charge in [0.05, 0.1) is 12.7 Å². The van der Waals surface area contributed by atoms with Crippen molar-refractivity contribution in [3.05, 3.63) is 11.6 Å². The molecule has 0 atom stereocenters. The predicted octanol–water partition coefficient (Wildman–Crippen LogP) is 2.19. The Hall–Kier alpha value is -1.30. The number of carbonyl (C=O) groups excluding carboxylic acids is 1. The first-order valence-electron chi connectivity index (χ1n) is 4.45. The summed E-state index contributed by atoms with van der Waals surface area (Å²) in [4.78, 5) is 11.1. The van der Waals surface area contributed by atoms with Crippen molar-refractivity contribution in [3.8, 4) is 6.07 Å². The monoisotopic (exact) mass is 181 g/mol. The van der Waals surface area contributed by atoms with Crippen molar-refractivity contribution in [1.29, 1.82) is 5.26 Å². The molecular weight excluding hydrogens is 166 g/mol. The molecule has 3 heteroatoms. The van der Waals surface area contributed by atoms with Crippen molar-refractivity contribution in [2.45, 2.75) is 33.1 Å². The van der Waals surface area contributed by atoms with Gasteiger partial charge < -0.3 is 4.74 Å². The summed E-state index contributed by atoms with van der Waals surface area (Å²) in [7, 11) is 0. The third-order valence-electron chi connectivity index (χ3n) is 1.58. The summed E-state index contributed by atoms with van der Waals surface area (Å²) >= 11 is 0. The number of rotatable bonds is 5. The number of unbranched alkanes of at least 4 members (excludes halogenated alkanes) is 2. The van der Waals surface area contributed by atoms with Crippen molar-refractivity contribution in [3.63, 3.8) is 0 Å². The second kappa shape index (κ2) is 7.35. The van der Waals surface area contributed by atoms with Crippen LogP contribution >= 0.6 is 0 Å². The molecule has 0 amide bonds. The molecule has 0 rings (SSSR count). The first kappa shape index (κ1) is 11.7. The van der Waals surface area contributed by atoms with E-state index in [0.717, 1.165) is 19.3 Å². The fourth-order valence-electron chi connectivity index (χ4n) is 0.787. The van der Waals surface area contributed by atoms with Crippen molar-refractivity contribution >= 4 is 5.97 Å². The molecule has 0 aliphatic carbocycles. The zero-order valence-corrected chi connectivity index (χ0v) is 8.17. The van der Waals surface area contributed by atoms with Gasteiger partial charge in [0, 0.05) is 11.6 Å². The van der Waals surface area contributed by atoms with Gasteiger partial charge in [-0.25, -0.2) is 4.79 Å². The molecule has 0 bridgehead atoms. The van der Waals surface area contributed by atoms with Gasteiger partial charge in [0.25, 0.3) is 0 Å². The lowest BCUT2D eigenvalue weighted by Gasteiger charge is -2.02. The van der Waals surface area contributed by atoms with Gasteiger partial charge in [-0.15, -0.1) is 0 Å². The number of nitriles is 1. The molecule has 0 aromatic heterocycles. The lowest BCUT2D eigenvalue weighted by Crippen LogP contribution is -2.06. The molecule has 0 aromatic rings. The van der Waals surface area contributed by atoms with Crippen LogP contribution in [0.1, 0.15) is 33.1 Å². The van der Waals surface area contributed by atoms with Crippen LogP contribution in [0.25, 0.3) is 0 Å². The molecule has 0 heterocycles. The SMILES string of the molecule is CCCCCOC(=O)/C(C)=C/C#N. The smallest absolute Gasteiger partial charge is 0.334 e. The van der Waals surface area contributed by atoms with Gasteiger partial charge in [0.1, 0.15) is 0 Å². The molecule has 0 aromatic carbocycles. The highest BCUT2D eigenvalue weighted by Crippen LogP contribution is 1.99. The summed E-state index contributed by atoms with van der Waals surface area (Å²) in [6.07, 6.45) is 4.25. The van der Waals surface area contributed by atoms with E-state index in [1.54, 1.807) is 13.0 Å². The molecule has 13 heavy (non-hydrogen) atoms. The maximum Gasteiger partial charge on any atom is 0.334 e. The summed E-state index contributed by atoms with van der Waals surface area (Å²) in [5.74, 6) is -0.391. The van der Waals surface area contributed by atoms with Crippen LogP contribution in [0.4, 0.5) is 0 Å². The molecule has 0 aliphatic heterocycles. The standard InChI is InChI=1S/C10H15NO2/c1-3-4-5-8-13-10(12)9(2)6-7-11/h6H,3-5,8H2,1-2H3/b9-6+. The largest absolute Gasteiger partial charge is 0.462 e. The summed E-state index contributed by atoms with van der Waals surface area (Å²) < 4.78 is 4.90. The zero-order chi connectivity index (χ0) is 10.1. The lowest BCUT2D eigenvalue weighted by atomic mass is 10.2. The van der Waals surface area contributed by atoms with Crippen LogP contribution in [0.15, 0.2) is 11.6 Å². The van der Waals surface area contributed by atoms with E-state index in [0.29, 0.717) is 12.2 Å². The Morgan fingerprint density at radius 3 is 2.77 bits per heavy atom. The van der Waals surface area contributed by atoms with Gasteiger partial charge in [-0.05, 0) is 13.3 Å². The summed E-state index contributed by atoms with van der Waals surface area (Å²) in [5, 5.41) is 8.26. The van der Waals surface area contributed by atoms with Crippen LogP contribution in [0.5, 0.6) is 0 Å². The maximum absolute atomic E-state index is 11.1. The van der Waals surface area contributed by atoms with Crippen LogP contribution in [-0.4, -0.2) is 12.6 Å². The molecule has 0 saturated carbocycles. The fourth-order valence-corrected chi connectivity index (χ4v) is 0.787. The molecule has 72 valence electrons. The molecule has 0 radical (unpaired) electrons. The molecule has 0 fully saturated rings. The minimum absolute atomic E-state index is 0.360. The van der Waals surface area contributed by atoms with E-state index >= 15 is 0 Å². The topological polar surface area (TPSA) is 50.1 Å². The Bertz CT molecular complexity index is 226. The average molecular weight is 181 g/mol. The van der Waals surface area contributed by atoms with Gasteiger partial charge in [0.15, 0.2) is 0 Å². The molecule has 0 unspecified atom stereocenters. The number of nitrogens with zero attached hydrogens (tertiary/aromatic N) is 1. The van der Waals surface area contributed by atoms with E-state index in [1.165, 1.54) is 6.08 Å². The summed E-state index contributed by atoms with van der Waals surface area (Å²) in [6.45, 7) is 4.11. The van der Waals surface area contributed by atoms with E-state index in [4.69, 9.17) is 10.00 Å². The summed E-state index contributed by atoms with van der Waals surface area (Å²) in [5.41, 5.74) is 0.360. The average Bonchev–Trinajstić information content (AvgIpc) is 2.12.